The van der Waals surface area contributed by atoms with Crippen LogP contribution in [-0.2, 0) is 11.3 Å². The average molecular weight is 209 g/mol. The van der Waals surface area contributed by atoms with Gasteiger partial charge in [-0.05, 0) is 19.2 Å². The molecular formula is C10H15N3O2. The first kappa shape index (κ1) is 11.6. The maximum Gasteiger partial charge on any atom is 0.321 e. The Morgan fingerprint density at radius 1 is 1.67 bits per heavy atom. The minimum Gasteiger partial charge on any atom is -0.480 e. The largest absolute Gasteiger partial charge is 0.480 e. The van der Waals surface area contributed by atoms with Gasteiger partial charge in [0.05, 0.1) is 5.69 Å². The monoisotopic (exact) mass is 209 g/mol. The van der Waals surface area contributed by atoms with E-state index in [0.717, 1.165) is 5.69 Å². The van der Waals surface area contributed by atoms with Crippen LogP contribution in [0.1, 0.15) is 5.69 Å². The second-order valence-corrected chi connectivity index (χ2v) is 3.46. The van der Waals surface area contributed by atoms with Crippen LogP contribution in [0.2, 0.25) is 0 Å². The fraction of sp³-hybridized carbons (Fsp3) is 0.400. The summed E-state index contributed by atoms with van der Waals surface area (Å²) in [7, 11) is 1.82. The number of aromatic nitrogens is 1. The molecule has 1 aromatic heterocycles. The van der Waals surface area contributed by atoms with E-state index in [-0.39, 0.29) is 0 Å². The highest BCUT2D eigenvalue weighted by Gasteiger charge is 2.14. The van der Waals surface area contributed by atoms with E-state index in [9.17, 15) is 4.79 Å². The minimum atomic E-state index is -0.983. The third-order valence-electron chi connectivity index (χ3n) is 1.98. The first-order chi connectivity index (χ1) is 7.09. The highest BCUT2D eigenvalue weighted by molar-refractivity contribution is 5.73. The van der Waals surface area contributed by atoms with Crippen molar-refractivity contribution in [1.82, 2.24) is 9.88 Å². The lowest BCUT2D eigenvalue weighted by Gasteiger charge is -2.18. The summed E-state index contributed by atoms with van der Waals surface area (Å²) in [6.45, 7) is 0.910. The number of carbonyl (C=O) groups is 1. The Kier molecular flexibility index (Phi) is 4.20. The third kappa shape index (κ3) is 4.05. The van der Waals surface area contributed by atoms with E-state index in [2.05, 4.69) is 4.98 Å². The Morgan fingerprint density at radius 3 is 2.93 bits per heavy atom. The summed E-state index contributed by atoms with van der Waals surface area (Å²) in [6, 6.07) is 4.78. The Balaban J connectivity index is 2.43. The van der Waals surface area contributed by atoms with Crippen molar-refractivity contribution in [2.24, 2.45) is 5.73 Å². The SMILES string of the molecule is CN(Cc1ccccn1)CC(N)C(=O)O. The van der Waals surface area contributed by atoms with Crippen LogP contribution >= 0.6 is 0 Å². The molecule has 0 fully saturated rings. The van der Waals surface area contributed by atoms with Crippen molar-refractivity contribution in [3.05, 3.63) is 30.1 Å². The summed E-state index contributed by atoms with van der Waals surface area (Å²) in [6.07, 6.45) is 1.71. The third-order valence-corrected chi connectivity index (χ3v) is 1.98. The molecule has 0 saturated carbocycles. The lowest BCUT2D eigenvalue weighted by atomic mass is 10.3. The molecule has 1 rings (SSSR count). The van der Waals surface area contributed by atoms with Crippen molar-refractivity contribution in [1.29, 1.82) is 0 Å². The summed E-state index contributed by atoms with van der Waals surface area (Å²) in [4.78, 5) is 16.5. The van der Waals surface area contributed by atoms with Crippen molar-refractivity contribution in [2.75, 3.05) is 13.6 Å². The summed E-state index contributed by atoms with van der Waals surface area (Å²) >= 11 is 0. The van der Waals surface area contributed by atoms with E-state index in [4.69, 9.17) is 10.8 Å². The number of aliphatic carboxylic acids is 1. The van der Waals surface area contributed by atoms with Gasteiger partial charge in [0.2, 0.25) is 0 Å². The molecule has 0 radical (unpaired) electrons. The molecule has 1 atom stereocenters. The van der Waals surface area contributed by atoms with Gasteiger partial charge in [0.15, 0.2) is 0 Å². The lowest BCUT2D eigenvalue weighted by molar-refractivity contribution is -0.138. The number of carboxylic acid groups (broad SMARTS) is 1. The molecule has 15 heavy (non-hydrogen) atoms. The molecule has 3 N–H and O–H groups in total. The number of pyridine rings is 1. The van der Waals surface area contributed by atoms with Gasteiger partial charge in [-0.2, -0.15) is 0 Å². The van der Waals surface area contributed by atoms with Crippen LogP contribution < -0.4 is 5.73 Å². The van der Waals surface area contributed by atoms with Gasteiger partial charge < -0.3 is 10.8 Å². The summed E-state index contributed by atoms with van der Waals surface area (Å²) < 4.78 is 0. The van der Waals surface area contributed by atoms with E-state index < -0.39 is 12.0 Å². The Hall–Kier alpha value is -1.46. The van der Waals surface area contributed by atoms with Crippen LogP contribution in [0.4, 0.5) is 0 Å². The standard InChI is InChI=1S/C10H15N3O2/c1-13(7-9(11)10(14)15)6-8-4-2-3-5-12-8/h2-5,9H,6-7,11H2,1H3,(H,14,15). The summed E-state index contributed by atoms with van der Waals surface area (Å²) in [5.41, 5.74) is 6.31. The number of hydrogen-bond donors (Lipinski definition) is 2. The molecule has 0 amide bonds. The number of hydrogen-bond acceptors (Lipinski definition) is 4. The van der Waals surface area contributed by atoms with Crippen LogP contribution in [0, 0.1) is 0 Å². The average Bonchev–Trinajstić information content (AvgIpc) is 2.18. The Bertz CT molecular complexity index is 316. The molecular weight excluding hydrogens is 194 g/mol. The van der Waals surface area contributed by atoms with Crippen molar-refractivity contribution in [2.45, 2.75) is 12.6 Å². The van der Waals surface area contributed by atoms with Crippen molar-refractivity contribution in [3.8, 4) is 0 Å². The first-order valence-corrected chi connectivity index (χ1v) is 4.66. The zero-order valence-electron chi connectivity index (χ0n) is 8.63. The van der Waals surface area contributed by atoms with Crippen molar-refractivity contribution >= 4 is 5.97 Å². The first-order valence-electron chi connectivity index (χ1n) is 4.66. The van der Waals surface area contributed by atoms with Gasteiger partial charge in [0.25, 0.3) is 0 Å². The topological polar surface area (TPSA) is 79.5 Å². The maximum absolute atomic E-state index is 10.5. The highest BCUT2D eigenvalue weighted by Crippen LogP contribution is 1.98. The number of carboxylic acids is 1. The van der Waals surface area contributed by atoms with Crippen LogP contribution in [0.25, 0.3) is 0 Å². The minimum absolute atomic E-state index is 0.311. The predicted molar refractivity (Wildman–Crippen MR) is 56.2 cm³/mol. The van der Waals surface area contributed by atoms with Crippen molar-refractivity contribution < 1.29 is 9.90 Å². The molecule has 1 heterocycles. The molecule has 0 aromatic carbocycles. The molecule has 0 spiro atoms. The van der Waals surface area contributed by atoms with Crippen LogP contribution in [0.3, 0.4) is 0 Å². The van der Waals surface area contributed by atoms with Gasteiger partial charge in [-0.1, -0.05) is 6.07 Å². The molecule has 0 aliphatic heterocycles. The Morgan fingerprint density at radius 2 is 2.40 bits per heavy atom. The highest BCUT2D eigenvalue weighted by atomic mass is 16.4. The molecule has 0 bridgehead atoms. The molecule has 82 valence electrons. The van der Waals surface area contributed by atoms with Crippen LogP contribution in [0.5, 0.6) is 0 Å². The molecule has 1 unspecified atom stereocenters. The van der Waals surface area contributed by atoms with E-state index in [0.29, 0.717) is 13.1 Å². The molecule has 0 aliphatic carbocycles. The number of likely N-dealkylation sites (N-methyl/N-ethyl adjacent to an activating group) is 1. The zero-order valence-corrected chi connectivity index (χ0v) is 8.63. The molecule has 1 aromatic rings. The van der Waals surface area contributed by atoms with Gasteiger partial charge in [-0.15, -0.1) is 0 Å². The number of rotatable bonds is 5. The maximum atomic E-state index is 10.5. The zero-order chi connectivity index (χ0) is 11.3. The smallest absolute Gasteiger partial charge is 0.321 e. The molecule has 5 heteroatoms. The number of nitrogens with zero attached hydrogens (tertiary/aromatic N) is 2. The number of nitrogens with two attached hydrogens (primary N) is 1. The molecule has 0 saturated heterocycles. The fourth-order valence-corrected chi connectivity index (χ4v) is 1.25. The van der Waals surface area contributed by atoms with Gasteiger partial charge in [0, 0.05) is 19.3 Å². The van der Waals surface area contributed by atoms with E-state index in [1.54, 1.807) is 6.20 Å². The van der Waals surface area contributed by atoms with Crippen LogP contribution in [0.15, 0.2) is 24.4 Å². The predicted octanol–water partition coefficient (Wildman–Crippen LogP) is -0.0747. The van der Waals surface area contributed by atoms with E-state index in [1.165, 1.54) is 0 Å². The van der Waals surface area contributed by atoms with Gasteiger partial charge in [-0.3, -0.25) is 14.7 Å². The summed E-state index contributed by atoms with van der Waals surface area (Å²) in [5, 5.41) is 8.63. The molecule has 0 aliphatic rings. The van der Waals surface area contributed by atoms with E-state index >= 15 is 0 Å². The second kappa shape index (κ2) is 5.43. The Labute approximate surface area is 88.5 Å². The van der Waals surface area contributed by atoms with Gasteiger partial charge in [0.1, 0.15) is 6.04 Å². The second-order valence-electron chi connectivity index (χ2n) is 3.46. The van der Waals surface area contributed by atoms with Gasteiger partial charge in [-0.25, -0.2) is 0 Å². The van der Waals surface area contributed by atoms with E-state index in [1.807, 2.05) is 30.1 Å². The quantitative estimate of drug-likeness (QED) is 0.709. The molecule has 5 nitrogen and oxygen atoms in total. The van der Waals surface area contributed by atoms with Gasteiger partial charge >= 0.3 is 5.97 Å². The van der Waals surface area contributed by atoms with Crippen molar-refractivity contribution in [3.63, 3.8) is 0 Å². The normalized spacial score (nSPS) is 12.7. The van der Waals surface area contributed by atoms with Crippen LogP contribution in [-0.4, -0.2) is 40.6 Å². The lowest BCUT2D eigenvalue weighted by Crippen LogP contribution is -2.40. The summed E-state index contributed by atoms with van der Waals surface area (Å²) in [5.74, 6) is -0.983. The fourth-order valence-electron chi connectivity index (χ4n) is 1.25.